The van der Waals surface area contributed by atoms with Crippen molar-refractivity contribution in [2.24, 2.45) is 5.73 Å². The molecule has 0 amide bonds. The molecule has 2 aromatic rings. The second-order valence-corrected chi connectivity index (χ2v) is 5.78. The fourth-order valence-corrected chi connectivity index (χ4v) is 2.95. The molecule has 3 heteroatoms. The van der Waals surface area contributed by atoms with E-state index in [-0.39, 0.29) is 12.1 Å². The van der Waals surface area contributed by atoms with Crippen molar-refractivity contribution in [3.8, 4) is 5.75 Å². The molecule has 2 unspecified atom stereocenters. The Bertz CT molecular complexity index is 626. The molecule has 3 rings (SSSR count). The predicted octanol–water partition coefficient (Wildman–Crippen LogP) is 2.89. The van der Waals surface area contributed by atoms with Crippen molar-refractivity contribution < 1.29 is 4.74 Å². The average Bonchev–Trinajstić information content (AvgIpc) is 2.50. The molecule has 0 aromatic heterocycles. The number of aryl methyl sites for hydroxylation is 1. The zero-order valence-corrected chi connectivity index (χ0v) is 12.6. The van der Waals surface area contributed by atoms with Gasteiger partial charge in [-0.25, -0.2) is 0 Å². The van der Waals surface area contributed by atoms with Crippen LogP contribution in [0.25, 0.3) is 0 Å². The van der Waals surface area contributed by atoms with Crippen LogP contribution in [-0.2, 0) is 6.54 Å². The molecule has 1 aliphatic rings. The second-order valence-electron chi connectivity index (χ2n) is 5.78. The Balaban J connectivity index is 1.77. The standard InChI is InChI=1S/C18H22N2O/c1-13-7-3-4-8-14(13)11-20(2)16-12-21-17-10-6-5-9-15(17)18(16)19/h3-10,16,18H,11-12,19H2,1-2H3. The van der Waals surface area contributed by atoms with Gasteiger partial charge in [-0.3, -0.25) is 4.90 Å². The maximum Gasteiger partial charge on any atom is 0.124 e. The van der Waals surface area contributed by atoms with Crippen molar-refractivity contribution >= 4 is 0 Å². The maximum atomic E-state index is 6.46. The largest absolute Gasteiger partial charge is 0.492 e. The molecule has 0 spiro atoms. The highest BCUT2D eigenvalue weighted by atomic mass is 16.5. The number of ether oxygens (including phenoxy) is 1. The van der Waals surface area contributed by atoms with Gasteiger partial charge in [0.15, 0.2) is 0 Å². The Morgan fingerprint density at radius 3 is 2.67 bits per heavy atom. The second kappa shape index (κ2) is 5.88. The summed E-state index contributed by atoms with van der Waals surface area (Å²) in [7, 11) is 2.12. The van der Waals surface area contributed by atoms with E-state index in [1.54, 1.807) is 0 Å². The fraction of sp³-hybridized carbons (Fsp3) is 0.333. The van der Waals surface area contributed by atoms with Gasteiger partial charge in [-0.1, -0.05) is 42.5 Å². The molecular weight excluding hydrogens is 260 g/mol. The van der Waals surface area contributed by atoms with Crippen LogP contribution in [-0.4, -0.2) is 24.6 Å². The number of hydrogen-bond donors (Lipinski definition) is 1. The van der Waals surface area contributed by atoms with E-state index in [4.69, 9.17) is 10.5 Å². The number of hydrogen-bond acceptors (Lipinski definition) is 3. The van der Waals surface area contributed by atoms with Gasteiger partial charge < -0.3 is 10.5 Å². The van der Waals surface area contributed by atoms with Gasteiger partial charge in [0.1, 0.15) is 12.4 Å². The highest BCUT2D eigenvalue weighted by Gasteiger charge is 2.30. The molecule has 0 saturated carbocycles. The van der Waals surface area contributed by atoms with Crippen molar-refractivity contribution in [1.29, 1.82) is 0 Å². The molecular formula is C18H22N2O. The summed E-state index contributed by atoms with van der Waals surface area (Å²) in [6.07, 6.45) is 0. The third-order valence-corrected chi connectivity index (χ3v) is 4.35. The van der Waals surface area contributed by atoms with Gasteiger partial charge in [-0.05, 0) is 31.2 Å². The smallest absolute Gasteiger partial charge is 0.124 e. The first-order valence-corrected chi connectivity index (χ1v) is 7.39. The van der Waals surface area contributed by atoms with Crippen LogP contribution in [0.2, 0.25) is 0 Å². The number of rotatable bonds is 3. The molecule has 110 valence electrons. The SMILES string of the molecule is Cc1ccccc1CN(C)C1COc2ccccc2C1N. The number of likely N-dealkylation sites (N-methyl/N-ethyl adjacent to an activating group) is 1. The van der Waals surface area contributed by atoms with Crippen LogP contribution >= 0.6 is 0 Å². The van der Waals surface area contributed by atoms with Gasteiger partial charge in [-0.15, -0.1) is 0 Å². The van der Waals surface area contributed by atoms with Crippen LogP contribution in [0.5, 0.6) is 5.75 Å². The van der Waals surface area contributed by atoms with E-state index in [1.807, 2.05) is 18.2 Å². The summed E-state index contributed by atoms with van der Waals surface area (Å²) in [5.74, 6) is 0.922. The Labute approximate surface area is 126 Å². The Kier molecular flexibility index (Phi) is 3.95. The zero-order chi connectivity index (χ0) is 14.8. The van der Waals surface area contributed by atoms with Crippen LogP contribution in [0.1, 0.15) is 22.7 Å². The Morgan fingerprint density at radius 1 is 1.14 bits per heavy atom. The van der Waals surface area contributed by atoms with E-state index in [2.05, 4.69) is 49.2 Å². The molecule has 3 nitrogen and oxygen atoms in total. The maximum absolute atomic E-state index is 6.46. The molecule has 0 radical (unpaired) electrons. The van der Waals surface area contributed by atoms with Gasteiger partial charge >= 0.3 is 0 Å². The van der Waals surface area contributed by atoms with Gasteiger partial charge in [0.2, 0.25) is 0 Å². The lowest BCUT2D eigenvalue weighted by Crippen LogP contribution is -2.46. The van der Waals surface area contributed by atoms with Gasteiger partial charge in [0, 0.05) is 12.1 Å². The van der Waals surface area contributed by atoms with E-state index >= 15 is 0 Å². The monoisotopic (exact) mass is 282 g/mol. The number of fused-ring (bicyclic) bond motifs is 1. The number of nitrogens with zero attached hydrogens (tertiary/aromatic N) is 1. The molecule has 2 N–H and O–H groups in total. The Hall–Kier alpha value is -1.84. The Morgan fingerprint density at radius 2 is 1.86 bits per heavy atom. The normalized spacial score (nSPS) is 21.0. The minimum atomic E-state index is -0.0102. The molecule has 0 aliphatic carbocycles. The van der Waals surface area contributed by atoms with Crippen molar-refractivity contribution in [1.82, 2.24) is 4.90 Å². The molecule has 21 heavy (non-hydrogen) atoms. The fourth-order valence-electron chi connectivity index (χ4n) is 2.95. The van der Waals surface area contributed by atoms with Crippen molar-refractivity contribution in [3.05, 3.63) is 65.2 Å². The van der Waals surface area contributed by atoms with Crippen molar-refractivity contribution in [3.63, 3.8) is 0 Å². The van der Waals surface area contributed by atoms with E-state index in [1.165, 1.54) is 11.1 Å². The summed E-state index contributed by atoms with van der Waals surface area (Å²) < 4.78 is 5.87. The molecule has 0 saturated heterocycles. The summed E-state index contributed by atoms with van der Waals surface area (Å²) in [5.41, 5.74) is 10.2. The first-order chi connectivity index (χ1) is 10.2. The molecule has 2 atom stereocenters. The summed E-state index contributed by atoms with van der Waals surface area (Å²) in [6.45, 7) is 3.67. The van der Waals surface area contributed by atoms with Crippen LogP contribution in [0.15, 0.2) is 48.5 Å². The summed E-state index contributed by atoms with van der Waals surface area (Å²) >= 11 is 0. The molecule has 1 aliphatic heterocycles. The van der Waals surface area contributed by atoms with Gasteiger partial charge in [-0.2, -0.15) is 0 Å². The van der Waals surface area contributed by atoms with Crippen LogP contribution in [0.4, 0.5) is 0 Å². The highest BCUT2D eigenvalue weighted by Crippen LogP contribution is 2.32. The van der Waals surface area contributed by atoms with E-state index < -0.39 is 0 Å². The molecule has 0 bridgehead atoms. The minimum Gasteiger partial charge on any atom is -0.492 e. The summed E-state index contributed by atoms with van der Waals surface area (Å²) in [4.78, 5) is 2.29. The number of nitrogens with two attached hydrogens (primary N) is 1. The summed E-state index contributed by atoms with van der Waals surface area (Å²) in [6, 6.07) is 16.7. The summed E-state index contributed by atoms with van der Waals surface area (Å²) in [5, 5.41) is 0. The third kappa shape index (κ3) is 2.80. The van der Waals surface area contributed by atoms with Crippen molar-refractivity contribution in [2.45, 2.75) is 25.6 Å². The zero-order valence-electron chi connectivity index (χ0n) is 12.6. The van der Waals surface area contributed by atoms with Gasteiger partial charge in [0.25, 0.3) is 0 Å². The minimum absolute atomic E-state index is 0.0102. The van der Waals surface area contributed by atoms with E-state index in [0.717, 1.165) is 17.9 Å². The topological polar surface area (TPSA) is 38.5 Å². The van der Waals surface area contributed by atoms with E-state index in [0.29, 0.717) is 6.61 Å². The lowest BCUT2D eigenvalue weighted by molar-refractivity contribution is 0.114. The van der Waals surface area contributed by atoms with E-state index in [9.17, 15) is 0 Å². The quantitative estimate of drug-likeness (QED) is 0.940. The lowest BCUT2D eigenvalue weighted by Gasteiger charge is -2.37. The highest BCUT2D eigenvalue weighted by molar-refractivity contribution is 5.38. The van der Waals surface area contributed by atoms with Crippen molar-refractivity contribution in [2.75, 3.05) is 13.7 Å². The molecule has 2 aromatic carbocycles. The van der Waals surface area contributed by atoms with Crippen LogP contribution < -0.4 is 10.5 Å². The third-order valence-electron chi connectivity index (χ3n) is 4.35. The lowest BCUT2D eigenvalue weighted by atomic mass is 9.95. The van der Waals surface area contributed by atoms with Gasteiger partial charge in [0.05, 0.1) is 12.1 Å². The number of para-hydroxylation sites is 1. The average molecular weight is 282 g/mol. The predicted molar refractivity (Wildman–Crippen MR) is 85.3 cm³/mol. The molecule has 1 heterocycles. The first-order valence-electron chi connectivity index (χ1n) is 7.39. The molecule has 0 fully saturated rings. The van der Waals surface area contributed by atoms with Crippen LogP contribution in [0.3, 0.4) is 0 Å². The first kappa shape index (κ1) is 14.1. The number of benzene rings is 2. The van der Waals surface area contributed by atoms with Crippen LogP contribution in [0, 0.1) is 6.92 Å².